The molecule has 4 nitrogen and oxygen atoms in total. The largest absolute Gasteiger partial charge is 0.355 e. The Balaban J connectivity index is 1.69. The lowest BCUT2D eigenvalue weighted by molar-refractivity contribution is -0.123. The van der Waals surface area contributed by atoms with Crippen LogP contribution >= 0.6 is 11.8 Å². The molecule has 0 unspecified atom stereocenters. The third-order valence-corrected chi connectivity index (χ3v) is 7.73. The Bertz CT molecular complexity index is 1080. The maximum atomic E-state index is 13.4. The van der Waals surface area contributed by atoms with Crippen LogP contribution in [0.25, 0.3) is 0 Å². The molecule has 3 rings (SSSR count). The minimum Gasteiger partial charge on any atom is -0.355 e. The van der Waals surface area contributed by atoms with E-state index in [2.05, 4.69) is 61.1 Å². The zero-order chi connectivity index (χ0) is 26.5. The van der Waals surface area contributed by atoms with Gasteiger partial charge < -0.3 is 5.32 Å². The van der Waals surface area contributed by atoms with E-state index in [0.717, 1.165) is 35.3 Å². The van der Waals surface area contributed by atoms with Crippen molar-refractivity contribution in [3.63, 3.8) is 0 Å². The molecule has 2 N–H and O–H groups in total. The molecule has 3 aromatic carbocycles. The van der Waals surface area contributed by atoms with Gasteiger partial charge in [0.25, 0.3) is 0 Å². The molecule has 0 saturated heterocycles. The number of hydrogen-bond acceptors (Lipinski definition) is 4. The van der Waals surface area contributed by atoms with Gasteiger partial charge in [-0.05, 0) is 53.9 Å². The molecular formula is C32H39N3OS. The fraction of sp³-hybridized carbons (Fsp3) is 0.375. The Morgan fingerprint density at radius 1 is 0.919 bits per heavy atom. The summed E-state index contributed by atoms with van der Waals surface area (Å²) in [7, 11) is 0. The highest BCUT2D eigenvalue weighted by Crippen LogP contribution is 2.36. The second-order valence-corrected chi connectivity index (χ2v) is 10.7. The standard InChI is InChI=1S/C32H39N3OS/c1-25(2)32(24-33,28-18-11-6-12-19-28)21-13-22-34-31(36)29(20-23-37-3)35-30(26-14-7-4-8-15-26)27-16-9-5-10-17-27/h4-12,14-19,25,29-30,35H,13,20-23H2,1-3H3,(H,34,36)/t29-,32-/m0/s1. The van der Waals surface area contributed by atoms with Gasteiger partial charge in [-0.3, -0.25) is 10.1 Å². The van der Waals surface area contributed by atoms with E-state index in [1.807, 2.05) is 66.7 Å². The predicted octanol–water partition coefficient (Wildman–Crippen LogP) is 6.50. The van der Waals surface area contributed by atoms with E-state index in [4.69, 9.17) is 0 Å². The molecule has 5 heteroatoms. The molecule has 2 atom stereocenters. The maximum absolute atomic E-state index is 13.4. The summed E-state index contributed by atoms with van der Waals surface area (Å²) in [5, 5.41) is 17.0. The van der Waals surface area contributed by atoms with Crippen LogP contribution in [0.1, 0.15) is 55.8 Å². The van der Waals surface area contributed by atoms with Crippen molar-refractivity contribution in [1.82, 2.24) is 10.6 Å². The number of nitrogens with zero attached hydrogens (tertiary/aromatic N) is 1. The monoisotopic (exact) mass is 513 g/mol. The van der Waals surface area contributed by atoms with E-state index < -0.39 is 5.41 Å². The number of amides is 1. The van der Waals surface area contributed by atoms with Gasteiger partial charge in [0.2, 0.25) is 5.91 Å². The molecular weight excluding hydrogens is 474 g/mol. The summed E-state index contributed by atoms with van der Waals surface area (Å²) < 4.78 is 0. The first-order chi connectivity index (χ1) is 18.0. The topological polar surface area (TPSA) is 64.9 Å². The molecule has 0 aliphatic rings. The lowest BCUT2D eigenvalue weighted by Gasteiger charge is -2.31. The molecule has 0 fully saturated rings. The number of rotatable bonds is 14. The summed E-state index contributed by atoms with van der Waals surface area (Å²) in [5.74, 6) is 1.07. The molecule has 0 saturated carbocycles. The van der Waals surface area contributed by atoms with Gasteiger partial charge >= 0.3 is 0 Å². The SMILES string of the molecule is CSCC[C@H](NC(c1ccccc1)c1ccccc1)C(=O)NCCC[C@@](C#N)(c1ccccc1)C(C)C. The Hall–Kier alpha value is -3.07. The van der Waals surface area contributed by atoms with Crippen molar-refractivity contribution in [2.24, 2.45) is 5.92 Å². The summed E-state index contributed by atoms with van der Waals surface area (Å²) in [6.45, 7) is 4.75. The van der Waals surface area contributed by atoms with Gasteiger partial charge in [0.05, 0.1) is 23.6 Å². The average molecular weight is 514 g/mol. The predicted molar refractivity (Wildman–Crippen MR) is 155 cm³/mol. The van der Waals surface area contributed by atoms with E-state index in [1.54, 1.807) is 11.8 Å². The minimum absolute atomic E-state index is 0.0118. The molecule has 0 spiro atoms. The molecule has 194 valence electrons. The first-order valence-corrected chi connectivity index (χ1v) is 14.5. The normalized spacial score (nSPS) is 13.6. The van der Waals surface area contributed by atoms with Gasteiger partial charge in [0.1, 0.15) is 0 Å². The van der Waals surface area contributed by atoms with Crippen molar-refractivity contribution in [2.45, 2.75) is 50.6 Å². The number of benzene rings is 3. The van der Waals surface area contributed by atoms with Crippen LogP contribution < -0.4 is 10.6 Å². The summed E-state index contributed by atoms with van der Waals surface area (Å²) in [6.07, 6.45) is 4.24. The van der Waals surface area contributed by atoms with E-state index in [0.29, 0.717) is 13.0 Å². The number of nitrogens with one attached hydrogen (secondary N) is 2. The van der Waals surface area contributed by atoms with Crippen LogP contribution in [0, 0.1) is 17.2 Å². The van der Waals surface area contributed by atoms with Crippen LogP contribution in [0.4, 0.5) is 0 Å². The molecule has 3 aromatic rings. The first kappa shape index (κ1) is 28.5. The van der Waals surface area contributed by atoms with Crippen molar-refractivity contribution < 1.29 is 4.79 Å². The van der Waals surface area contributed by atoms with Crippen LogP contribution in [0.3, 0.4) is 0 Å². The van der Waals surface area contributed by atoms with Crippen molar-refractivity contribution in [2.75, 3.05) is 18.6 Å². The number of carbonyl (C=O) groups is 1. The molecule has 0 radical (unpaired) electrons. The van der Waals surface area contributed by atoms with Crippen molar-refractivity contribution >= 4 is 17.7 Å². The van der Waals surface area contributed by atoms with Crippen molar-refractivity contribution in [3.8, 4) is 6.07 Å². The Kier molecular flexibility index (Phi) is 11.3. The Morgan fingerprint density at radius 2 is 1.46 bits per heavy atom. The number of carbonyl (C=O) groups excluding carboxylic acids is 1. The van der Waals surface area contributed by atoms with Crippen LogP contribution in [0.15, 0.2) is 91.0 Å². The number of hydrogen-bond donors (Lipinski definition) is 2. The smallest absolute Gasteiger partial charge is 0.237 e. The molecule has 0 aliphatic carbocycles. The highest BCUT2D eigenvalue weighted by molar-refractivity contribution is 7.98. The molecule has 37 heavy (non-hydrogen) atoms. The third kappa shape index (κ3) is 7.71. The molecule has 0 aromatic heterocycles. The molecule has 1 amide bonds. The number of thioether (sulfide) groups is 1. The number of nitriles is 1. The fourth-order valence-corrected chi connectivity index (χ4v) is 5.33. The van der Waals surface area contributed by atoms with Gasteiger partial charge in [-0.15, -0.1) is 0 Å². The lowest BCUT2D eigenvalue weighted by atomic mass is 9.70. The zero-order valence-corrected chi connectivity index (χ0v) is 23.0. The van der Waals surface area contributed by atoms with Crippen LogP contribution in [0.2, 0.25) is 0 Å². The Morgan fingerprint density at radius 3 is 1.95 bits per heavy atom. The lowest BCUT2D eigenvalue weighted by Crippen LogP contribution is -2.46. The van der Waals surface area contributed by atoms with Crippen molar-refractivity contribution in [1.29, 1.82) is 5.26 Å². The summed E-state index contributed by atoms with van der Waals surface area (Å²) in [6, 6.07) is 32.8. The highest BCUT2D eigenvalue weighted by Gasteiger charge is 2.35. The van der Waals surface area contributed by atoms with Crippen LogP contribution in [-0.2, 0) is 10.2 Å². The Labute approximate surface area is 226 Å². The second-order valence-electron chi connectivity index (χ2n) is 9.75. The highest BCUT2D eigenvalue weighted by atomic mass is 32.2. The fourth-order valence-electron chi connectivity index (χ4n) is 4.86. The molecule has 0 bridgehead atoms. The van der Waals surface area contributed by atoms with Gasteiger partial charge in [0.15, 0.2) is 0 Å². The van der Waals surface area contributed by atoms with Gasteiger partial charge in [-0.25, -0.2) is 0 Å². The summed E-state index contributed by atoms with van der Waals surface area (Å²) in [4.78, 5) is 13.4. The van der Waals surface area contributed by atoms with E-state index >= 15 is 0 Å². The quantitative estimate of drug-likeness (QED) is 0.242. The van der Waals surface area contributed by atoms with E-state index in [9.17, 15) is 10.1 Å². The van der Waals surface area contributed by atoms with Crippen molar-refractivity contribution in [3.05, 3.63) is 108 Å². The third-order valence-electron chi connectivity index (χ3n) is 7.08. The van der Waals surface area contributed by atoms with Crippen LogP contribution in [-0.4, -0.2) is 30.5 Å². The first-order valence-electron chi connectivity index (χ1n) is 13.1. The van der Waals surface area contributed by atoms with Crippen LogP contribution in [0.5, 0.6) is 0 Å². The molecule has 0 heterocycles. The van der Waals surface area contributed by atoms with Gasteiger partial charge in [-0.2, -0.15) is 17.0 Å². The average Bonchev–Trinajstić information content (AvgIpc) is 2.94. The molecule has 0 aliphatic heterocycles. The maximum Gasteiger partial charge on any atom is 0.237 e. The van der Waals surface area contributed by atoms with Gasteiger partial charge in [0, 0.05) is 6.54 Å². The van der Waals surface area contributed by atoms with E-state index in [1.165, 1.54) is 0 Å². The summed E-state index contributed by atoms with van der Waals surface area (Å²) in [5.41, 5.74) is 2.75. The van der Waals surface area contributed by atoms with Gasteiger partial charge in [-0.1, -0.05) is 105 Å². The second kappa shape index (κ2) is 14.6. The zero-order valence-electron chi connectivity index (χ0n) is 22.2. The summed E-state index contributed by atoms with van der Waals surface area (Å²) >= 11 is 1.75. The minimum atomic E-state index is -0.561. The van der Waals surface area contributed by atoms with E-state index in [-0.39, 0.29) is 23.9 Å².